The van der Waals surface area contributed by atoms with Crippen molar-refractivity contribution in [1.82, 2.24) is 19.8 Å². The maximum absolute atomic E-state index is 9.55. The van der Waals surface area contributed by atoms with Crippen molar-refractivity contribution in [3.63, 3.8) is 0 Å². The summed E-state index contributed by atoms with van der Waals surface area (Å²) in [6.45, 7) is 7.15. The van der Waals surface area contributed by atoms with Gasteiger partial charge in [0.2, 0.25) is 0 Å². The third kappa shape index (κ3) is 2.23. The molecule has 0 bridgehead atoms. The van der Waals surface area contributed by atoms with Gasteiger partial charge in [0.15, 0.2) is 5.65 Å². The van der Waals surface area contributed by atoms with Gasteiger partial charge in [-0.25, -0.2) is 4.52 Å². The number of nitrogens with zero attached hydrogens (tertiary/aromatic N) is 4. The highest BCUT2D eigenvalue weighted by molar-refractivity contribution is 6.42. The van der Waals surface area contributed by atoms with Crippen LogP contribution >= 0.6 is 23.2 Å². The van der Waals surface area contributed by atoms with Gasteiger partial charge in [-0.2, -0.15) is 5.10 Å². The summed E-state index contributed by atoms with van der Waals surface area (Å²) in [6, 6.07) is 5.35. The van der Waals surface area contributed by atoms with E-state index >= 15 is 0 Å². The molecule has 1 aromatic carbocycles. The number of benzene rings is 1. The molecule has 0 unspecified atom stereocenters. The highest BCUT2D eigenvalue weighted by Crippen LogP contribution is 2.32. The van der Waals surface area contributed by atoms with Crippen LogP contribution in [0.3, 0.4) is 0 Å². The molecule has 5 nitrogen and oxygen atoms in total. The predicted molar refractivity (Wildman–Crippen MR) is 87.4 cm³/mol. The SMILES string of the molecule is C=C(O)c1nnc2c(-c3ccc(Cl)c(Cl)c3)c(C)nn2c1C. The number of rotatable bonds is 2. The smallest absolute Gasteiger partial charge is 0.185 e. The fourth-order valence-corrected chi connectivity index (χ4v) is 2.67. The molecule has 2 heterocycles. The third-order valence-electron chi connectivity index (χ3n) is 3.42. The Morgan fingerprint density at radius 1 is 1.18 bits per heavy atom. The van der Waals surface area contributed by atoms with Gasteiger partial charge in [0.05, 0.1) is 27.0 Å². The summed E-state index contributed by atoms with van der Waals surface area (Å²) in [5.41, 5.74) is 4.01. The molecule has 0 amide bonds. The van der Waals surface area contributed by atoms with Crippen LogP contribution in [0.2, 0.25) is 10.0 Å². The van der Waals surface area contributed by atoms with Crippen LogP contribution in [0.15, 0.2) is 24.8 Å². The van der Waals surface area contributed by atoms with Crippen molar-refractivity contribution in [2.24, 2.45) is 0 Å². The maximum atomic E-state index is 9.55. The first-order chi connectivity index (χ1) is 10.4. The Morgan fingerprint density at radius 3 is 2.55 bits per heavy atom. The molecule has 0 aliphatic rings. The molecule has 0 aliphatic carbocycles. The lowest BCUT2D eigenvalue weighted by Gasteiger charge is -2.05. The first-order valence-electron chi connectivity index (χ1n) is 6.46. The largest absolute Gasteiger partial charge is 0.506 e. The summed E-state index contributed by atoms with van der Waals surface area (Å²) in [7, 11) is 0. The Bertz CT molecular complexity index is 918. The molecule has 3 aromatic rings. The zero-order chi connectivity index (χ0) is 16.0. The first kappa shape index (κ1) is 14.8. The van der Waals surface area contributed by atoms with E-state index in [9.17, 15) is 5.11 Å². The molecule has 3 rings (SSSR count). The first-order valence-corrected chi connectivity index (χ1v) is 7.22. The normalized spacial score (nSPS) is 11.1. The summed E-state index contributed by atoms with van der Waals surface area (Å²) in [6.07, 6.45) is 0. The van der Waals surface area contributed by atoms with Crippen LogP contribution < -0.4 is 0 Å². The molecular weight excluding hydrogens is 323 g/mol. The van der Waals surface area contributed by atoms with Crippen molar-refractivity contribution in [3.05, 3.63) is 51.9 Å². The number of halogens is 2. The van der Waals surface area contributed by atoms with Crippen molar-refractivity contribution in [2.75, 3.05) is 0 Å². The van der Waals surface area contributed by atoms with E-state index in [1.807, 2.05) is 13.0 Å². The fourth-order valence-electron chi connectivity index (χ4n) is 2.37. The van der Waals surface area contributed by atoms with Crippen molar-refractivity contribution in [2.45, 2.75) is 13.8 Å². The summed E-state index contributed by atoms with van der Waals surface area (Å²) >= 11 is 12.1. The lowest BCUT2D eigenvalue weighted by Crippen LogP contribution is -2.04. The molecule has 0 fully saturated rings. The molecule has 0 radical (unpaired) electrons. The van der Waals surface area contributed by atoms with Gasteiger partial charge >= 0.3 is 0 Å². The van der Waals surface area contributed by atoms with Gasteiger partial charge in [-0.3, -0.25) is 0 Å². The van der Waals surface area contributed by atoms with E-state index < -0.39 is 0 Å². The zero-order valence-corrected chi connectivity index (χ0v) is 13.4. The maximum Gasteiger partial charge on any atom is 0.185 e. The molecule has 7 heteroatoms. The molecule has 1 N–H and O–H groups in total. The van der Waals surface area contributed by atoms with Gasteiger partial charge in [-0.15, -0.1) is 10.2 Å². The highest BCUT2D eigenvalue weighted by atomic mass is 35.5. The Kier molecular flexibility index (Phi) is 3.54. The van der Waals surface area contributed by atoms with Gasteiger partial charge in [0.25, 0.3) is 0 Å². The van der Waals surface area contributed by atoms with Gasteiger partial charge in [0, 0.05) is 0 Å². The van der Waals surface area contributed by atoms with E-state index in [-0.39, 0.29) is 5.76 Å². The number of aryl methyl sites for hydroxylation is 2. The van der Waals surface area contributed by atoms with E-state index in [1.165, 1.54) is 0 Å². The summed E-state index contributed by atoms with van der Waals surface area (Å²) in [4.78, 5) is 0. The van der Waals surface area contributed by atoms with Gasteiger partial charge < -0.3 is 5.11 Å². The molecule has 22 heavy (non-hydrogen) atoms. The highest BCUT2D eigenvalue weighted by Gasteiger charge is 2.18. The van der Waals surface area contributed by atoms with E-state index in [1.54, 1.807) is 23.6 Å². The van der Waals surface area contributed by atoms with Gasteiger partial charge in [-0.05, 0) is 31.5 Å². The Balaban J connectivity index is 2.31. The van der Waals surface area contributed by atoms with Crippen LogP contribution in [0, 0.1) is 13.8 Å². The summed E-state index contributed by atoms with van der Waals surface area (Å²) in [5.74, 6) is -0.142. The average molecular weight is 335 g/mol. The lowest BCUT2D eigenvalue weighted by atomic mass is 10.1. The summed E-state index contributed by atoms with van der Waals surface area (Å²) in [5, 5.41) is 23.2. The Morgan fingerprint density at radius 2 is 1.91 bits per heavy atom. The van der Waals surface area contributed by atoms with Crippen LogP contribution in [0.5, 0.6) is 0 Å². The van der Waals surface area contributed by atoms with Crippen molar-refractivity contribution < 1.29 is 5.11 Å². The molecule has 0 saturated carbocycles. The minimum absolute atomic E-state index is 0.142. The van der Waals surface area contributed by atoms with E-state index in [0.29, 0.717) is 27.1 Å². The van der Waals surface area contributed by atoms with Gasteiger partial charge in [-0.1, -0.05) is 35.8 Å². The Hall–Kier alpha value is -2.11. The molecule has 0 saturated heterocycles. The van der Waals surface area contributed by atoms with Crippen LogP contribution in [0.4, 0.5) is 0 Å². The zero-order valence-electron chi connectivity index (χ0n) is 11.9. The fraction of sp³-hybridized carbons (Fsp3) is 0.133. The quantitative estimate of drug-likeness (QED) is 0.712. The lowest BCUT2D eigenvalue weighted by molar-refractivity contribution is 0.506. The Labute approximate surface area is 136 Å². The summed E-state index contributed by atoms with van der Waals surface area (Å²) < 4.78 is 1.64. The average Bonchev–Trinajstić information content (AvgIpc) is 2.79. The van der Waals surface area contributed by atoms with E-state index in [4.69, 9.17) is 23.2 Å². The van der Waals surface area contributed by atoms with Crippen LogP contribution in [0.25, 0.3) is 22.5 Å². The van der Waals surface area contributed by atoms with Crippen LogP contribution in [-0.4, -0.2) is 24.9 Å². The predicted octanol–water partition coefficient (Wildman–Crippen LogP) is 4.24. The number of hydrogen-bond acceptors (Lipinski definition) is 4. The van der Waals surface area contributed by atoms with E-state index in [0.717, 1.165) is 16.8 Å². The molecule has 0 aliphatic heterocycles. The number of aliphatic hydroxyl groups is 1. The third-order valence-corrected chi connectivity index (χ3v) is 4.16. The number of aliphatic hydroxyl groups excluding tert-OH is 1. The minimum atomic E-state index is -0.142. The van der Waals surface area contributed by atoms with Crippen molar-refractivity contribution >= 4 is 34.6 Å². The number of hydrogen-bond donors (Lipinski definition) is 1. The second-order valence-electron chi connectivity index (χ2n) is 4.91. The molecule has 2 aromatic heterocycles. The molecule has 112 valence electrons. The molecule has 0 spiro atoms. The number of fused-ring (bicyclic) bond motifs is 1. The van der Waals surface area contributed by atoms with Crippen molar-refractivity contribution in [3.8, 4) is 11.1 Å². The standard InChI is InChI=1S/C15H12Cl2N4O/c1-7-13(10-4-5-11(16)12(17)6-10)15-19-18-14(9(3)22)8(2)21(15)20-7/h4-6,22H,3H2,1-2H3. The second-order valence-corrected chi connectivity index (χ2v) is 5.72. The molecule has 0 atom stereocenters. The van der Waals surface area contributed by atoms with E-state index in [2.05, 4.69) is 21.9 Å². The van der Waals surface area contributed by atoms with Crippen molar-refractivity contribution in [1.29, 1.82) is 0 Å². The topological polar surface area (TPSA) is 63.3 Å². The van der Waals surface area contributed by atoms with Crippen LogP contribution in [-0.2, 0) is 0 Å². The van der Waals surface area contributed by atoms with Gasteiger partial charge in [0.1, 0.15) is 11.5 Å². The monoisotopic (exact) mass is 334 g/mol. The van der Waals surface area contributed by atoms with Crippen LogP contribution in [0.1, 0.15) is 17.1 Å². The number of aromatic nitrogens is 4. The molecular formula is C15H12Cl2N4O. The second kappa shape index (κ2) is 5.26. The minimum Gasteiger partial charge on any atom is -0.506 e.